The molecule has 0 aliphatic heterocycles. The van der Waals surface area contributed by atoms with Gasteiger partial charge in [-0.1, -0.05) is 193 Å². The molecule has 48 heavy (non-hydrogen) atoms. The van der Waals surface area contributed by atoms with E-state index in [0.29, 0.717) is 12.8 Å². The fourth-order valence-corrected chi connectivity index (χ4v) is 6.57. The van der Waals surface area contributed by atoms with Crippen molar-refractivity contribution in [2.45, 2.75) is 244 Å². The van der Waals surface area contributed by atoms with Gasteiger partial charge in [0.15, 0.2) is 0 Å². The third kappa shape index (κ3) is 31.1. The van der Waals surface area contributed by atoms with E-state index in [1.807, 2.05) is 0 Å². The van der Waals surface area contributed by atoms with E-state index in [2.05, 4.69) is 31.3 Å². The Morgan fingerprint density at radius 3 is 1.25 bits per heavy atom. The molecule has 1 amide bonds. The van der Waals surface area contributed by atoms with E-state index in [1.165, 1.54) is 154 Å². The van der Waals surface area contributed by atoms with Crippen LogP contribution in [0.1, 0.15) is 219 Å². The molecule has 5 N–H and O–H groups in total. The molecule has 0 aliphatic rings. The first-order valence-electron chi connectivity index (χ1n) is 21.1. The number of rotatable bonds is 38. The molecular formula is C42H83NO5. The van der Waals surface area contributed by atoms with Crippen molar-refractivity contribution in [3.05, 3.63) is 12.2 Å². The summed E-state index contributed by atoms with van der Waals surface area (Å²) in [5.74, 6) is -0.586. The number of allylic oxidation sites excluding steroid dienone is 2. The van der Waals surface area contributed by atoms with Gasteiger partial charge in [0.05, 0.1) is 18.8 Å². The Hall–Kier alpha value is -0.950. The minimum Gasteiger partial charge on any atom is -0.394 e. The van der Waals surface area contributed by atoms with Gasteiger partial charge in [-0.3, -0.25) is 4.79 Å². The molecule has 0 radical (unpaired) electrons. The Balaban J connectivity index is 3.74. The Morgan fingerprint density at radius 2 is 0.833 bits per heavy atom. The number of hydrogen-bond acceptors (Lipinski definition) is 5. The first-order valence-corrected chi connectivity index (χ1v) is 21.1. The molecule has 0 rings (SSSR count). The fourth-order valence-electron chi connectivity index (χ4n) is 6.57. The van der Waals surface area contributed by atoms with Crippen molar-refractivity contribution in [2.24, 2.45) is 0 Å². The maximum absolute atomic E-state index is 12.5. The predicted molar refractivity (Wildman–Crippen MR) is 205 cm³/mol. The van der Waals surface area contributed by atoms with Crippen molar-refractivity contribution in [3.8, 4) is 0 Å². The molecule has 6 heteroatoms. The van der Waals surface area contributed by atoms with Crippen LogP contribution >= 0.6 is 0 Å². The van der Waals surface area contributed by atoms with E-state index in [9.17, 15) is 25.2 Å². The highest BCUT2D eigenvalue weighted by molar-refractivity contribution is 5.80. The minimum atomic E-state index is -1.26. The minimum absolute atomic E-state index is 0.368. The summed E-state index contributed by atoms with van der Waals surface area (Å²) in [5.41, 5.74) is 0. The molecule has 0 spiro atoms. The van der Waals surface area contributed by atoms with E-state index in [4.69, 9.17) is 0 Å². The van der Waals surface area contributed by atoms with Gasteiger partial charge in [-0.15, -0.1) is 0 Å². The molecule has 0 saturated heterocycles. The summed E-state index contributed by atoms with van der Waals surface area (Å²) >= 11 is 0. The smallest absolute Gasteiger partial charge is 0.249 e. The third-order valence-electron chi connectivity index (χ3n) is 9.98. The van der Waals surface area contributed by atoms with E-state index < -0.39 is 36.9 Å². The quantitative estimate of drug-likeness (QED) is 0.0329. The van der Waals surface area contributed by atoms with Crippen LogP contribution in [0.3, 0.4) is 0 Å². The Labute approximate surface area is 298 Å². The number of carbonyl (C=O) groups is 1. The van der Waals surface area contributed by atoms with Gasteiger partial charge in [0, 0.05) is 0 Å². The molecule has 0 aromatic carbocycles. The highest BCUT2D eigenvalue weighted by Gasteiger charge is 2.28. The van der Waals surface area contributed by atoms with Crippen molar-refractivity contribution < 1.29 is 25.2 Å². The molecule has 0 aromatic heterocycles. The lowest BCUT2D eigenvalue weighted by molar-refractivity contribution is -0.132. The summed E-state index contributed by atoms with van der Waals surface area (Å²) in [6.45, 7) is 4.03. The first-order chi connectivity index (χ1) is 23.5. The molecule has 0 aliphatic carbocycles. The second-order valence-corrected chi connectivity index (χ2v) is 14.7. The van der Waals surface area contributed by atoms with Gasteiger partial charge < -0.3 is 25.7 Å². The molecule has 0 aromatic rings. The van der Waals surface area contributed by atoms with Gasteiger partial charge in [-0.25, -0.2) is 0 Å². The summed E-state index contributed by atoms with van der Waals surface area (Å²) in [4.78, 5) is 12.5. The van der Waals surface area contributed by atoms with Gasteiger partial charge in [-0.2, -0.15) is 0 Å². The summed E-state index contributed by atoms with van der Waals surface area (Å²) in [6, 6.07) is -0.982. The molecule has 6 nitrogen and oxygen atoms in total. The number of carbonyl (C=O) groups excluding carboxylic acids is 1. The summed E-state index contributed by atoms with van der Waals surface area (Å²) in [5, 5.41) is 43.6. The highest BCUT2D eigenvalue weighted by Crippen LogP contribution is 2.16. The van der Waals surface area contributed by atoms with Gasteiger partial charge in [-0.05, 0) is 38.5 Å². The maximum atomic E-state index is 12.5. The van der Waals surface area contributed by atoms with Crippen LogP contribution < -0.4 is 5.32 Å². The zero-order chi connectivity index (χ0) is 35.3. The zero-order valence-electron chi connectivity index (χ0n) is 32.0. The van der Waals surface area contributed by atoms with E-state index in [-0.39, 0.29) is 0 Å². The van der Waals surface area contributed by atoms with Gasteiger partial charge in [0.25, 0.3) is 0 Å². The Kier molecular flexibility index (Phi) is 36.6. The average Bonchev–Trinajstić information content (AvgIpc) is 3.09. The van der Waals surface area contributed by atoms with Gasteiger partial charge >= 0.3 is 0 Å². The fraction of sp³-hybridized carbons (Fsp3) is 0.929. The summed E-state index contributed by atoms with van der Waals surface area (Å²) < 4.78 is 0. The largest absolute Gasteiger partial charge is 0.394 e. The molecule has 0 unspecified atom stereocenters. The van der Waals surface area contributed by atoms with E-state index in [0.717, 1.165) is 38.5 Å². The number of amides is 1. The molecular weight excluding hydrogens is 598 g/mol. The second-order valence-electron chi connectivity index (χ2n) is 14.7. The van der Waals surface area contributed by atoms with Crippen molar-refractivity contribution in [1.29, 1.82) is 0 Å². The van der Waals surface area contributed by atoms with Crippen molar-refractivity contribution in [1.82, 2.24) is 5.32 Å². The average molecular weight is 682 g/mol. The molecule has 0 heterocycles. The van der Waals surface area contributed by atoms with Crippen LogP contribution in [0.5, 0.6) is 0 Å². The number of nitrogens with one attached hydrogen (secondary N) is 1. The first kappa shape index (κ1) is 47.0. The molecule has 0 fully saturated rings. The SMILES string of the molecule is CCCCCC=CCCCCCCCCCC[C@@H](O)C(=O)N[C@@H](CO)[C@@H](O)[C@@H](O)CCCCCCCCCCCCCCCCCCC. The van der Waals surface area contributed by atoms with Crippen molar-refractivity contribution in [2.75, 3.05) is 6.61 Å². The number of unbranched alkanes of at least 4 members (excludes halogenated alkanes) is 27. The van der Waals surface area contributed by atoms with Crippen molar-refractivity contribution >= 4 is 5.91 Å². The Morgan fingerprint density at radius 1 is 0.500 bits per heavy atom. The van der Waals surface area contributed by atoms with Crippen molar-refractivity contribution in [3.63, 3.8) is 0 Å². The normalized spacial score (nSPS) is 14.4. The highest BCUT2D eigenvalue weighted by atomic mass is 16.3. The molecule has 0 saturated carbocycles. The topological polar surface area (TPSA) is 110 Å². The molecule has 286 valence electrons. The van der Waals surface area contributed by atoms with Crippen LogP contribution in [0.2, 0.25) is 0 Å². The van der Waals surface area contributed by atoms with Gasteiger partial charge in [0.2, 0.25) is 5.91 Å². The van der Waals surface area contributed by atoms with Crippen LogP contribution in [-0.4, -0.2) is 57.3 Å². The van der Waals surface area contributed by atoms with Crippen LogP contribution in [0.15, 0.2) is 12.2 Å². The summed E-state index contributed by atoms with van der Waals surface area (Å²) in [7, 11) is 0. The third-order valence-corrected chi connectivity index (χ3v) is 9.98. The van der Waals surface area contributed by atoms with Gasteiger partial charge in [0.1, 0.15) is 12.2 Å². The molecule has 0 bridgehead atoms. The monoisotopic (exact) mass is 682 g/mol. The van der Waals surface area contributed by atoms with E-state index >= 15 is 0 Å². The van der Waals surface area contributed by atoms with E-state index in [1.54, 1.807) is 0 Å². The van der Waals surface area contributed by atoms with Crippen LogP contribution in [0.4, 0.5) is 0 Å². The van der Waals surface area contributed by atoms with Crippen LogP contribution in [0, 0.1) is 0 Å². The number of aliphatic hydroxyl groups excluding tert-OH is 4. The lowest BCUT2D eigenvalue weighted by Gasteiger charge is -2.27. The number of hydrogen-bond donors (Lipinski definition) is 5. The summed E-state index contributed by atoms with van der Waals surface area (Å²) in [6.07, 6.45) is 39.4. The lowest BCUT2D eigenvalue weighted by atomic mass is 9.99. The second kappa shape index (κ2) is 37.3. The Bertz CT molecular complexity index is 687. The predicted octanol–water partition coefficient (Wildman–Crippen LogP) is 10.6. The lowest BCUT2D eigenvalue weighted by Crippen LogP contribution is -2.53. The maximum Gasteiger partial charge on any atom is 0.249 e. The molecule has 4 atom stereocenters. The van der Waals surface area contributed by atoms with Crippen LogP contribution in [-0.2, 0) is 4.79 Å². The standard InChI is InChI=1S/C42H83NO5/c1-3-5-7-9-11-13-15-17-19-20-22-23-25-27-29-31-33-35-39(45)41(47)38(37-44)43-42(48)40(46)36-34-32-30-28-26-24-21-18-16-14-12-10-8-6-4-2/h12,14,38-41,44-47H,3-11,13,15-37H2,1-2H3,(H,43,48)/t38-,39-,40+,41+/m0/s1. The van der Waals surface area contributed by atoms with Crippen LogP contribution in [0.25, 0.3) is 0 Å². The number of aliphatic hydroxyl groups is 4. The zero-order valence-corrected chi connectivity index (χ0v) is 32.0.